The molecule has 0 aromatic rings. The Bertz CT molecular complexity index is 239. The van der Waals surface area contributed by atoms with Crippen LogP contribution < -0.4 is 5.32 Å². The second kappa shape index (κ2) is 4.66. The van der Waals surface area contributed by atoms with Crippen LogP contribution in [0.25, 0.3) is 0 Å². The molecule has 16 heavy (non-hydrogen) atoms. The molecule has 2 nitrogen and oxygen atoms in total. The lowest BCUT2D eigenvalue weighted by Gasteiger charge is -2.60. The molecule has 96 valence electrons. The highest BCUT2D eigenvalue weighted by atomic mass is 16.5. The number of hydrogen-bond acceptors (Lipinski definition) is 2. The van der Waals surface area contributed by atoms with Crippen LogP contribution in [0.3, 0.4) is 0 Å². The van der Waals surface area contributed by atoms with Crippen LogP contribution in [0.1, 0.15) is 54.4 Å². The van der Waals surface area contributed by atoms with Crippen molar-refractivity contribution in [2.24, 2.45) is 11.3 Å². The van der Waals surface area contributed by atoms with Crippen molar-refractivity contribution < 1.29 is 4.74 Å². The molecule has 0 aliphatic heterocycles. The highest BCUT2D eigenvalue weighted by Crippen LogP contribution is 2.51. The van der Waals surface area contributed by atoms with E-state index in [1.54, 1.807) is 0 Å². The third-order valence-electron chi connectivity index (χ3n) is 5.24. The van der Waals surface area contributed by atoms with Gasteiger partial charge in [0.15, 0.2) is 0 Å². The van der Waals surface area contributed by atoms with Crippen LogP contribution in [-0.2, 0) is 4.74 Å². The van der Waals surface area contributed by atoms with Gasteiger partial charge in [0.1, 0.15) is 0 Å². The summed E-state index contributed by atoms with van der Waals surface area (Å²) in [7, 11) is 1.83. The zero-order valence-corrected chi connectivity index (χ0v) is 12.1. The normalized spacial score (nSPS) is 36.6. The van der Waals surface area contributed by atoms with Crippen molar-refractivity contribution in [2.45, 2.75) is 72.1 Å². The summed E-state index contributed by atoms with van der Waals surface area (Å²) in [6, 6.07) is 1.18. The average Bonchev–Trinajstić information content (AvgIpc) is 2.26. The Balaban J connectivity index is 2.54. The van der Waals surface area contributed by atoms with Crippen molar-refractivity contribution in [3.8, 4) is 0 Å². The first kappa shape index (κ1) is 14.0. The van der Waals surface area contributed by atoms with Crippen LogP contribution in [0.4, 0.5) is 0 Å². The van der Waals surface area contributed by atoms with Crippen LogP contribution in [0, 0.1) is 11.3 Å². The van der Waals surface area contributed by atoms with Gasteiger partial charge in [0, 0.05) is 24.6 Å². The quantitative estimate of drug-likeness (QED) is 0.778. The van der Waals surface area contributed by atoms with Gasteiger partial charge in [-0.2, -0.15) is 0 Å². The Morgan fingerprint density at radius 2 is 1.88 bits per heavy atom. The molecule has 4 unspecified atom stereocenters. The number of ether oxygens (including phenoxy) is 1. The maximum Gasteiger partial charge on any atom is 0.0731 e. The fourth-order valence-electron chi connectivity index (χ4n) is 2.59. The molecular weight excluding hydrogens is 198 g/mol. The number of hydrogen-bond donors (Lipinski definition) is 1. The van der Waals surface area contributed by atoms with Crippen LogP contribution >= 0.6 is 0 Å². The van der Waals surface area contributed by atoms with E-state index < -0.39 is 0 Å². The lowest BCUT2D eigenvalue weighted by Crippen LogP contribution is -2.69. The maximum atomic E-state index is 5.65. The fourth-order valence-corrected chi connectivity index (χ4v) is 2.59. The minimum absolute atomic E-state index is 0.0415. The Labute approximate surface area is 101 Å². The summed E-state index contributed by atoms with van der Waals surface area (Å²) in [6.07, 6.45) is 2.36. The van der Waals surface area contributed by atoms with E-state index in [1.807, 2.05) is 7.11 Å². The zero-order valence-electron chi connectivity index (χ0n) is 12.1. The number of nitrogens with one attached hydrogen (secondary N) is 1. The van der Waals surface area contributed by atoms with E-state index in [-0.39, 0.29) is 11.0 Å². The van der Waals surface area contributed by atoms with Crippen molar-refractivity contribution in [2.75, 3.05) is 7.11 Å². The summed E-state index contributed by atoms with van der Waals surface area (Å²) < 4.78 is 5.65. The van der Waals surface area contributed by atoms with Crippen molar-refractivity contribution in [1.29, 1.82) is 0 Å². The molecule has 0 aromatic heterocycles. The first-order chi connectivity index (χ1) is 7.28. The van der Waals surface area contributed by atoms with E-state index >= 15 is 0 Å². The topological polar surface area (TPSA) is 21.3 Å². The predicted octanol–water partition coefficient (Wildman–Crippen LogP) is 3.21. The zero-order chi connectivity index (χ0) is 12.6. The van der Waals surface area contributed by atoms with E-state index in [2.05, 4.69) is 46.9 Å². The Morgan fingerprint density at radius 1 is 1.31 bits per heavy atom. The molecule has 0 heterocycles. The van der Waals surface area contributed by atoms with Gasteiger partial charge in [-0.3, -0.25) is 0 Å². The van der Waals surface area contributed by atoms with Crippen LogP contribution in [-0.4, -0.2) is 24.8 Å². The molecule has 2 heteroatoms. The van der Waals surface area contributed by atoms with E-state index in [0.717, 1.165) is 12.3 Å². The standard InChI is InChI=1S/C14H29NO/c1-8-10(2)11(3)15-12-9-14(6,16-7)13(12,4)5/h10-12,15H,8-9H2,1-7H3. The molecule has 1 rings (SSSR count). The van der Waals surface area contributed by atoms with Crippen molar-refractivity contribution >= 4 is 0 Å². The van der Waals surface area contributed by atoms with Gasteiger partial charge in [-0.15, -0.1) is 0 Å². The van der Waals surface area contributed by atoms with Crippen molar-refractivity contribution in [3.63, 3.8) is 0 Å². The van der Waals surface area contributed by atoms with Gasteiger partial charge in [-0.05, 0) is 26.2 Å². The SMILES string of the molecule is CCC(C)C(C)NC1CC(C)(OC)C1(C)C. The molecule has 0 bridgehead atoms. The highest BCUT2D eigenvalue weighted by molar-refractivity contribution is 5.11. The monoisotopic (exact) mass is 227 g/mol. The third-order valence-corrected chi connectivity index (χ3v) is 5.24. The lowest BCUT2D eigenvalue weighted by atomic mass is 9.55. The molecule has 1 aliphatic rings. The largest absolute Gasteiger partial charge is 0.378 e. The summed E-state index contributed by atoms with van der Waals surface area (Å²) in [5.41, 5.74) is 0.267. The van der Waals surface area contributed by atoms with Crippen LogP contribution in [0.15, 0.2) is 0 Å². The van der Waals surface area contributed by atoms with E-state index in [1.165, 1.54) is 6.42 Å². The molecule has 1 aliphatic carbocycles. The fraction of sp³-hybridized carbons (Fsp3) is 1.00. The average molecular weight is 227 g/mol. The van der Waals surface area contributed by atoms with Crippen molar-refractivity contribution in [1.82, 2.24) is 5.32 Å². The minimum Gasteiger partial charge on any atom is -0.378 e. The second-order valence-electron chi connectivity index (χ2n) is 6.25. The second-order valence-corrected chi connectivity index (χ2v) is 6.25. The molecule has 1 fully saturated rings. The van der Waals surface area contributed by atoms with Gasteiger partial charge >= 0.3 is 0 Å². The Kier molecular flexibility index (Phi) is 4.07. The minimum atomic E-state index is 0.0415. The maximum absolute atomic E-state index is 5.65. The molecule has 1 N–H and O–H groups in total. The smallest absolute Gasteiger partial charge is 0.0731 e. The highest BCUT2D eigenvalue weighted by Gasteiger charge is 2.57. The summed E-state index contributed by atoms with van der Waals surface area (Å²) in [6.45, 7) is 13.7. The van der Waals surface area contributed by atoms with Gasteiger partial charge in [0.05, 0.1) is 5.60 Å². The molecule has 0 saturated heterocycles. The predicted molar refractivity (Wildman–Crippen MR) is 69.7 cm³/mol. The Hall–Kier alpha value is -0.0800. The van der Waals surface area contributed by atoms with Crippen LogP contribution in [0.5, 0.6) is 0 Å². The summed E-state index contributed by atoms with van der Waals surface area (Å²) in [5, 5.41) is 3.77. The summed E-state index contributed by atoms with van der Waals surface area (Å²) >= 11 is 0. The van der Waals surface area contributed by atoms with E-state index in [4.69, 9.17) is 4.74 Å². The first-order valence-corrected chi connectivity index (χ1v) is 6.59. The summed E-state index contributed by atoms with van der Waals surface area (Å²) in [4.78, 5) is 0. The van der Waals surface area contributed by atoms with E-state index in [9.17, 15) is 0 Å². The summed E-state index contributed by atoms with van der Waals surface area (Å²) in [5.74, 6) is 0.741. The molecular formula is C14H29NO. The van der Waals surface area contributed by atoms with Gasteiger partial charge in [0.2, 0.25) is 0 Å². The van der Waals surface area contributed by atoms with Gasteiger partial charge < -0.3 is 10.1 Å². The van der Waals surface area contributed by atoms with Crippen molar-refractivity contribution in [3.05, 3.63) is 0 Å². The lowest BCUT2D eigenvalue weighted by molar-refractivity contribution is -0.182. The molecule has 0 aromatic carbocycles. The number of methoxy groups -OCH3 is 1. The Morgan fingerprint density at radius 3 is 2.25 bits per heavy atom. The van der Waals surface area contributed by atoms with Crippen LogP contribution in [0.2, 0.25) is 0 Å². The molecule has 0 spiro atoms. The molecule has 0 radical (unpaired) electrons. The van der Waals surface area contributed by atoms with E-state index in [0.29, 0.717) is 12.1 Å². The van der Waals surface area contributed by atoms with Gasteiger partial charge in [-0.1, -0.05) is 34.1 Å². The third kappa shape index (κ3) is 2.14. The molecule has 0 amide bonds. The number of rotatable bonds is 5. The molecule has 1 saturated carbocycles. The first-order valence-electron chi connectivity index (χ1n) is 6.59. The molecule has 4 atom stereocenters. The van der Waals surface area contributed by atoms with Gasteiger partial charge in [0.25, 0.3) is 0 Å². The van der Waals surface area contributed by atoms with Gasteiger partial charge in [-0.25, -0.2) is 0 Å².